The zero-order chi connectivity index (χ0) is 20.4. The lowest BCUT2D eigenvalue weighted by Gasteiger charge is -2.29. The highest BCUT2D eigenvalue weighted by molar-refractivity contribution is 5.91. The average Bonchev–Trinajstić information content (AvgIpc) is 2.77. The van der Waals surface area contributed by atoms with Crippen molar-refractivity contribution < 1.29 is 19.0 Å². The topological polar surface area (TPSA) is 44.8 Å². The summed E-state index contributed by atoms with van der Waals surface area (Å²) in [4.78, 5) is 12.3. The normalized spacial score (nSPS) is 15.3. The molecule has 4 rings (SSSR count). The number of aryl methyl sites for hydroxylation is 1. The molecule has 1 heterocycles. The van der Waals surface area contributed by atoms with E-state index in [1.54, 1.807) is 14.2 Å². The van der Waals surface area contributed by atoms with Crippen LogP contribution in [0.4, 0.5) is 0 Å². The van der Waals surface area contributed by atoms with E-state index >= 15 is 0 Å². The highest BCUT2D eigenvalue weighted by Gasteiger charge is 2.31. The van der Waals surface area contributed by atoms with Crippen LogP contribution in [0.2, 0.25) is 0 Å². The average molecular weight is 386 g/mol. The number of para-hydroxylation sites is 1. The first-order chi connectivity index (χ1) is 14.2. The molecule has 29 heavy (non-hydrogen) atoms. The van der Waals surface area contributed by atoms with Gasteiger partial charge in [-0.05, 0) is 36.8 Å². The Bertz CT molecular complexity index is 1080. The molecule has 0 N–H and O–H groups in total. The van der Waals surface area contributed by atoms with Crippen LogP contribution in [0, 0.1) is 6.92 Å². The summed E-state index contributed by atoms with van der Waals surface area (Å²) in [5, 5.41) is 0. The van der Waals surface area contributed by atoms with Gasteiger partial charge in [-0.25, -0.2) is 0 Å². The molecule has 0 saturated carbocycles. The molecule has 146 valence electrons. The van der Waals surface area contributed by atoms with Crippen LogP contribution in [0.25, 0.3) is 5.76 Å². The Morgan fingerprint density at radius 1 is 0.897 bits per heavy atom. The van der Waals surface area contributed by atoms with Crippen molar-refractivity contribution in [2.75, 3.05) is 14.2 Å². The lowest BCUT2D eigenvalue weighted by Crippen LogP contribution is -2.17. The molecule has 0 saturated heterocycles. The number of aldehydes is 1. The Morgan fingerprint density at radius 2 is 1.62 bits per heavy atom. The van der Waals surface area contributed by atoms with E-state index in [9.17, 15) is 4.79 Å². The minimum absolute atomic E-state index is 0.207. The number of fused-ring (bicyclic) bond motifs is 1. The van der Waals surface area contributed by atoms with Crippen molar-refractivity contribution in [3.8, 4) is 17.2 Å². The van der Waals surface area contributed by atoms with E-state index in [0.717, 1.165) is 28.7 Å². The predicted molar refractivity (Wildman–Crippen MR) is 113 cm³/mol. The minimum Gasteiger partial charge on any atom is -0.493 e. The van der Waals surface area contributed by atoms with Crippen LogP contribution in [-0.2, 0) is 4.79 Å². The highest BCUT2D eigenvalue weighted by Crippen LogP contribution is 2.45. The summed E-state index contributed by atoms with van der Waals surface area (Å²) in [6.07, 6.45) is 0.895. The van der Waals surface area contributed by atoms with Crippen molar-refractivity contribution in [3.63, 3.8) is 0 Å². The monoisotopic (exact) mass is 386 g/mol. The maximum Gasteiger partial charge on any atom is 0.161 e. The van der Waals surface area contributed by atoms with E-state index < -0.39 is 0 Å². The van der Waals surface area contributed by atoms with Gasteiger partial charge in [-0.2, -0.15) is 0 Å². The van der Waals surface area contributed by atoms with Crippen molar-refractivity contribution in [1.82, 2.24) is 0 Å². The first-order valence-corrected chi connectivity index (χ1v) is 9.41. The molecule has 1 aliphatic rings. The summed E-state index contributed by atoms with van der Waals surface area (Å²) in [6.45, 7) is 2.05. The standard InChI is InChI=1S/C25H22O4/c1-16-8-10-17(11-9-16)24-19-6-4-5-7-21(19)29-25(20(24)15-26)18-12-13-22(27-2)23(14-18)28-3/h4-15,24H,1-3H3/t24-/m0/s1. The second kappa shape index (κ2) is 7.84. The first-order valence-electron chi connectivity index (χ1n) is 9.41. The molecule has 4 nitrogen and oxygen atoms in total. The van der Waals surface area contributed by atoms with E-state index in [1.165, 1.54) is 5.56 Å². The van der Waals surface area contributed by atoms with Crippen LogP contribution >= 0.6 is 0 Å². The van der Waals surface area contributed by atoms with Crippen LogP contribution < -0.4 is 14.2 Å². The Morgan fingerprint density at radius 3 is 2.31 bits per heavy atom. The van der Waals surface area contributed by atoms with Crippen molar-refractivity contribution in [2.45, 2.75) is 12.8 Å². The molecule has 1 atom stereocenters. The maximum absolute atomic E-state index is 12.3. The first kappa shape index (κ1) is 18.8. The Kier molecular flexibility index (Phi) is 5.09. The number of allylic oxidation sites excluding steroid dienone is 1. The van der Waals surface area contributed by atoms with Crippen LogP contribution in [-0.4, -0.2) is 20.5 Å². The van der Waals surface area contributed by atoms with Gasteiger partial charge in [0.2, 0.25) is 0 Å². The van der Waals surface area contributed by atoms with Crippen LogP contribution in [0.1, 0.15) is 28.2 Å². The van der Waals surface area contributed by atoms with E-state index in [1.807, 2.05) is 49.4 Å². The molecule has 0 fully saturated rings. The summed E-state index contributed by atoms with van der Waals surface area (Å²) in [5.74, 6) is 2.27. The molecule has 0 bridgehead atoms. The lowest BCUT2D eigenvalue weighted by atomic mass is 9.81. The number of benzene rings is 3. The van der Waals surface area contributed by atoms with Crippen molar-refractivity contribution in [1.29, 1.82) is 0 Å². The van der Waals surface area contributed by atoms with Gasteiger partial charge in [0.05, 0.1) is 14.2 Å². The molecule has 0 radical (unpaired) electrons. The van der Waals surface area contributed by atoms with Crippen LogP contribution in [0.3, 0.4) is 0 Å². The van der Waals surface area contributed by atoms with E-state index in [-0.39, 0.29) is 5.92 Å². The Hall–Kier alpha value is -3.53. The molecular weight excluding hydrogens is 364 g/mol. The molecule has 0 amide bonds. The van der Waals surface area contributed by atoms with E-state index in [2.05, 4.69) is 24.3 Å². The van der Waals surface area contributed by atoms with Crippen molar-refractivity contribution >= 4 is 12.0 Å². The molecule has 3 aromatic carbocycles. The van der Waals surface area contributed by atoms with Gasteiger partial charge >= 0.3 is 0 Å². The Labute approximate surface area is 170 Å². The summed E-state index contributed by atoms with van der Waals surface area (Å²) in [6, 6.07) is 21.6. The smallest absolute Gasteiger partial charge is 0.161 e. The largest absolute Gasteiger partial charge is 0.493 e. The molecule has 0 aromatic heterocycles. The third-order valence-electron chi connectivity index (χ3n) is 5.20. The van der Waals surface area contributed by atoms with Gasteiger partial charge in [-0.1, -0.05) is 48.0 Å². The molecule has 1 aliphatic heterocycles. The Balaban J connectivity index is 1.93. The summed E-state index contributed by atoms with van der Waals surface area (Å²) in [5.41, 5.74) is 4.54. The number of carbonyl (C=O) groups excluding carboxylic acids is 1. The van der Waals surface area contributed by atoms with Gasteiger partial charge < -0.3 is 14.2 Å². The zero-order valence-corrected chi connectivity index (χ0v) is 16.6. The van der Waals surface area contributed by atoms with Gasteiger partial charge in [0.15, 0.2) is 17.8 Å². The van der Waals surface area contributed by atoms with Crippen molar-refractivity contribution in [3.05, 3.63) is 94.6 Å². The fourth-order valence-corrected chi connectivity index (χ4v) is 3.72. The van der Waals surface area contributed by atoms with Gasteiger partial charge in [-0.3, -0.25) is 4.79 Å². The molecular formula is C25H22O4. The molecule has 3 aromatic rings. The summed E-state index contributed by atoms with van der Waals surface area (Å²) < 4.78 is 17.0. The van der Waals surface area contributed by atoms with Crippen LogP contribution in [0.5, 0.6) is 17.2 Å². The molecule has 4 heteroatoms. The van der Waals surface area contributed by atoms with Gasteiger partial charge in [0.1, 0.15) is 11.5 Å². The summed E-state index contributed by atoms with van der Waals surface area (Å²) >= 11 is 0. The van der Waals surface area contributed by atoms with Gasteiger partial charge in [-0.15, -0.1) is 0 Å². The van der Waals surface area contributed by atoms with Crippen molar-refractivity contribution in [2.24, 2.45) is 0 Å². The SMILES string of the molecule is COc1ccc(C2=C(C=O)[C@@H](c3ccc(C)cc3)c3ccccc3O2)cc1OC. The number of hydrogen-bond acceptors (Lipinski definition) is 4. The quantitative estimate of drug-likeness (QED) is 0.569. The molecule has 0 unspecified atom stereocenters. The number of methoxy groups -OCH3 is 2. The maximum atomic E-state index is 12.3. The third-order valence-corrected chi connectivity index (χ3v) is 5.20. The van der Waals surface area contributed by atoms with E-state index in [4.69, 9.17) is 14.2 Å². The van der Waals surface area contributed by atoms with Gasteiger partial charge in [0, 0.05) is 22.6 Å². The minimum atomic E-state index is -0.207. The fraction of sp³-hybridized carbons (Fsp3) is 0.160. The van der Waals surface area contributed by atoms with Crippen LogP contribution in [0.15, 0.2) is 72.3 Å². The lowest BCUT2D eigenvalue weighted by molar-refractivity contribution is -0.105. The number of carbonyl (C=O) groups is 1. The van der Waals surface area contributed by atoms with Gasteiger partial charge in [0.25, 0.3) is 0 Å². The second-order valence-electron chi connectivity index (χ2n) is 6.96. The number of hydrogen-bond donors (Lipinski definition) is 0. The number of rotatable bonds is 5. The zero-order valence-electron chi connectivity index (χ0n) is 16.6. The fourth-order valence-electron chi connectivity index (χ4n) is 3.72. The predicted octanol–water partition coefficient (Wildman–Crippen LogP) is 5.15. The number of ether oxygens (including phenoxy) is 3. The van der Waals surface area contributed by atoms with E-state index in [0.29, 0.717) is 22.8 Å². The highest BCUT2D eigenvalue weighted by atomic mass is 16.5. The molecule has 0 spiro atoms. The second-order valence-corrected chi connectivity index (χ2v) is 6.96. The molecule has 0 aliphatic carbocycles. The third kappa shape index (κ3) is 3.38. The summed E-state index contributed by atoms with van der Waals surface area (Å²) in [7, 11) is 3.18.